The van der Waals surface area contributed by atoms with Crippen molar-refractivity contribution >= 4 is 5.91 Å². The maximum atomic E-state index is 11.9. The zero-order chi connectivity index (χ0) is 12.1. The molecular weight excluding hydrogens is 214 g/mol. The van der Waals surface area contributed by atoms with E-state index < -0.39 is 0 Å². The molecule has 1 atom stereocenters. The Morgan fingerprint density at radius 3 is 2.53 bits per heavy atom. The van der Waals surface area contributed by atoms with Crippen LogP contribution in [0, 0.1) is 11.3 Å². The lowest BCUT2D eigenvalue weighted by molar-refractivity contribution is -0.130. The Morgan fingerprint density at radius 2 is 1.94 bits per heavy atom. The van der Waals surface area contributed by atoms with E-state index in [4.69, 9.17) is 5.26 Å². The van der Waals surface area contributed by atoms with E-state index in [2.05, 4.69) is 11.4 Å². The summed E-state index contributed by atoms with van der Waals surface area (Å²) in [4.78, 5) is 13.8. The molecule has 2 rings (SSSR count). The third-order valence-corrected chi connectivity index (χ3v) is 3.79. The molecule has 1 unspecified atom stereocenters. The van der Waals surface area contributed by atoms with Crippen LogP contribution in [0.3, 0.4) is 0 Å². The van der Waals surface area contributed by atoms with Crippen molar-refractivity contribution in [3.63, 3.8) is 0 Å². The monoisotopic (exact) mass is 235 g/mol. The Balaban J connectivity index is 1.77. The van der Waals surface area contributed by atoms with Gasteiger partial charge in [-0.25, -0.2) is 0 Å². The number of hydrogen-bond acceptors (Lipinski definition) is 3. The van der Waals surface area contributed by atoms with E-state index in [0.29, 0.717) is 12.5 Å². The van der Waals surface area contributed by atoms with Gasteiger partial charge in [0, 0.05) is 19.1 Å². The van der Waals surface area contributed by atoms with Crippen LogP contribution in [0.4, 0.5) is 0 Å². The molecule has 0 spiro atoms. The predicted molar refractivity (Wildman–Crippen MR) is 65.2 cm³/mol. The lowest BCUT2D eigenvalue weighted by atomic mass is 10.1. The number of nitrogens with one attached hydrogen (secondary N) is 1. The lowest BCUT2D eigenvalue weighted by Gasteiger charge is -2.20. The van der Waals surface area contributed by atoms with Gasteiger partial charge < -0.3 is 4.90 Å². The highest BCUT2D eigenvalue weighted by Crippen LogP contribution is 2.19. The van der Waals surface area contributed by atoms with Gasteiger partial charge in [-0.1, -0.05) is 12.8 Å². The molecule has 1 heterocycles. The van der Waals surface area contributed by atoms with Gasteiger partial charge in [0.1, 0.15) is 6.04 Å². The highest BCUT2D eigenvalue weighted by Gasteiger charge is 2.24. The average molecular weight is 235 g/mol. The van der Waals surface area contributed by atoms with Crippen LogP contribution < -0.4 is 5.32 Å². The summed E-state index contributed by atoms with van der Waals surface area (Å²) in [6.45, 7) is 1.75. The Bertz CT molecular complexity index is 298. The summed E-state index contributed by atoms with van der Waals surface area (Å²) < 4.78 is 0. The van der Waals surface area contributed by atoms with Gasteiger partial charge in [0.05, 0.1) is 12.5 Å². The molecule has 1 saturated heterocycles. The highest BCUT2D eigenvalue weighted by atomic mass is 16.2. The summed E-state index contributed by atoms with van der Waals surface area (Å²) in [5.74, 6) is 0.138. The molecule has 4 heteroatoms. The molecule has 1 aliphatic heterocycles. The molecule has 1 N–H and O–H groups in total. The zero-order valence-corrected chi connectivity index (χ0v) is 10.3. The third-order valence-electron chi connectivity index (χ3n) is 3.79. The number of likely N-dealkylation sites (tertiary alicyclic amines) is 1. The molecule has 0 bridgehead atoms. The zero-order valence-electron chi connectivity index (χ0n) is 10.3. The average Bonchev–Trinajstić information content (AvgIpc) is 3.00. The maximum Gasteiger partial charge on any atom is 0.225 e. The topological polar surface area (TPSA) is 56.1 Å². The summed E-state index contributed by atoms with van der Waals surface area (Å²) in [7, 11) is 0. The molecule has 94 valence electrons. The SMILES string of the molecule is N#CC(CC(=O)N1CCCC1)NC1CCCC1. The number of hydrogen-bond donors (Lipinski definition) is 1. The van der Waals surface area contributed by atoms with Gasteiger partial charge in [-0.05, 0) is 25.7 Å². The lowest BCUT2D eigenvalue weighted by Crippen LogP contribution is -2.40. The fraction of sp³-hybridized carbons (Fsp3) is 0.846. The fourth-order valence-electron chi connectivity index (χ4n) is 2.79. The Labute approximate surface area is 103 Å². The van der Waals surface area contributed by atoms with Gasteiger partial charge in [0.15, 0.2) is 0 Å². The number of carbonyl (C=O) groups excluding carboxylic acids is 1. The van der Waals surface area contributed by atoms with Crippen LogP contribution in [0.5, 0.6) is 0 Å². The molecule has 17 heavy (non-hydrogen) atoms. The van der Waals surface area contributed by atoms with Crippen molar-refractivity contribution < 1.29 is 4.79 Å². The summed E-state index contributed by atoms with van der Waals surface area (Å²) in [5.41, 5.74) is 0. The van der Waals surface area contributed by atoms with Gasteiger partial charge in [-0.3, -0.25) is 10.1 Å². The minimum atomic E-state index is -0.300. The van der Waals surface area contributed by atoms with Crippen LogP contribution in [0.15, 0.2) is 0 Å². The van der Waals surface area contributed by atoms with E-state index in [1.54, 1.807) is 0 Å². The van der Waals surface area contributed by atoms with Gasteiger partial charge in [0.25, 0.3) is 0 Å². The molecule has 1 aliphatic carbocycles. The fourth-order valence-corrected chi connectivity index (χ4v) is 2.79. The molecule has 0 aromatic rings. The van der Waals surface area contributed by atoms with E-state index in [1.807, 2.05) is 4.90 Å². The number of rotatable bonds is 4. The summed E-state index contributed by atoms with van der Waals surface area (Å²) in [5, 5.41) is 12.4. The summed E-state index contributed by atoms with van der Waals surface area (Å²) in [6.07, 6.45) is 7.35. The van der Waals surface area contributed by atoms with E-state index in [0.717, 1.165) is 38.8 Å². The molecule has 4 nitrogen and oxygen atoms in total. The number of nitriles is 1. The molecule has 2 aliphatic rings. The van der Waals surface area contributed by atoms with Crippen molar-refractivity contribution in [3.8, 4) is 6.07 Å². The van der Waals surface area contributed by atoms with E-state index in [1.165, 1.54) is 12.8 Å². The number of nitrogens with zero attached hydrogens (tertiary/aromatic N) is 2. The van der Waals surface area contributed by atoms with Crippen LogP contribution in [0.25, 0.3) is 0 Å². The van der Waals surface area contributed by atoms with E-state index in [9.17, 15) is 4.79 Å². The third kappa shape index (κ3) is 3.44. The van der Waals surface area contributed by atoms with Crippen LogP contribution >= 0.6 is 0 Å². The first-order valence-electron chi connectivity index (χ1n) is 6.73. The number of carbonyl (C=O) groups is 1. The van der Waals surface area contributed by atoms with Crippen LogP contribution in [0.2, 0.25) is 0 Å². The van der Waals surface area contributed by atoms with E-state index in [-0.39, 0.29) is 11.9 Å². The molecular formula is C13H21N3O. The van der Waals surface area contributed by atoms with Crippen LogP contribution in [0.1, 0.15) is 44.9 Å². The molecule has 1 saturated carbocycles. The first-order chi connectivity index (χ1) is 8.29. The van der Waals surface area contributed by atoms with Crippen molar-refractivity contribution in [1.29, 1.82) is 5.26 Å². The minimum Gasteiger partial charge on any atom is -0.343 e. The maximum absolute atomic E-state index is 11.9. The van der Waals surface area contributed by atoms with Crippen LogP contribution in [-0.4, -0.2) is 36.0 Å². The standard InChI is InChI=1S/C13H21N3O/c14-10-12(15-11-5-1-2-6-11)9-13(17)16-7-3-4-8-16/h11-12,15H,1-9H2. The van der Waals surface area contributed by atoms with Crippen molar-refractivity contribution in [1.82, 2.24) is 10.2 Å². The highest BCUT2D eigenvalue weighted by molar-refractivity contribution is 5.77. The summed E-state index contributed by atoms with van der Waals surface area (Å²) in [6, 6.07) is 2.37. The second-order valence-electron chi connectivity index (χ2n) is 5.12. The first kappa shape index (κ1) is 12.4. The van der Waals surface area contributed by atoms with Crippen molar-refractivity contribution in [3.05, 3.63) is 0 Å². The van der Waals surface area contributed by atoms with Gasteiger partial charge in [-0.2, -0.15) is 5.26 Å². The van der Waals surface area contributed by atoms with Gasteiger partial charge in [0.2, 0.25) is 5.91 Å². The first-order valence-corrected chi connectivity index (χ1v) is 6.73. The molecule has 0 aromatic heterocycles. The quantitative estimate of drug-likeness (QED) is 0.802. The minimum absolute atomic E-state index is 0.138. The predicted octanol–water partition coefficient (Wildman–Crippen LogP) is 1.42. The van der Waals surface area contributed by atoms with Crippen molar-refractivity contribution in [2.75, 3.05) is 13.1 Å². The van der Waals surface area contributed by atoms with Crippen LogP contribution in [-0.2, 0) is 4.79 Å². The summed E-state index contributed by atoms with van der Waals surface area (Å²) >= 11 is 0. The van der Waals surface area contributed by atoms with Crippen molar-refractivity contribution in [2.45, 2.75) is 57.0 Å². The van der Waals surface area contributed by atoms with Gasteiger partial charge in [-0.15, -0.1) is 0 Å². The normalized spacial score (nSPS) is 22.6. The Morgan fingerprint density at radius 1 is 1.29 bits per heavy atom. The number of amides is 1. The molecule has 0 radical (unpaired) electrons. The smallest absolute Gasteiger partial charge is 0.225 e. The molecule has 1 amide bonds. The van der Waals surface area contributed by atoms with Crippen molar-refractivity contribution in [2.24, 2.45) is 0 Å². The molecule has 0 aromatic carbocycles. The largest absolute Gasteiger partial charge is 0.343 e. The Kier molecular flexibility index (Phi) is 4.38. The Hall–Kier alpha value is -1.08. The molecule has 2 fully saturated rings. The van der Waals surface area contributed by atoms with Gasteiger partial charge >= 0.3 is 0 Å². The van der Waals surface area contributed by atoms with E-state index >= 15 is 0 Å². The second kappa shape index (κ2) is 6.02. The second-order valence-corrected chi connectivity index (χ2v) is 5.12.